The standard InChI is InChI=1S/C32H28N4O6S/c1-21(30(37)33-24-15-17-26(42-2)18-16-24)43-27-13-8-12-25(20-27)34-32(39)28(35-31(38)22-9-4-3-5-10-22)19-23-11-6-7-14-29(23)36(40)41/h3-21H,1-2H3,(H,33,37)(H,34,39)(H,35,38)/b28-19+. The van der Waals surface area contributed by atoms with Crippen LogP contribution in [0.1, 0.15) is 22.8 Å². The van der Waals surface area contributed by atoms with Crippen molar-refractivity contribution in [3.8, 4) is 5.75 Å². The SMILES string of the molecule is COc1ccc(NC(=O)C(C)Sc2cccc(NC(=O)/C(=C\c3ccccc3[N+](=O)[O-])NC(=O)c3ccccc3)c2)cc1. The number of carbonyl (C=O) groups excluding carboxylic acids is 3. The number of methoxy groups -OCH3 is 1. The van der Waals surface area contributed by atoms with Crippen LogP contribution in [0, 0.1) is 10.1 Å². The molecule has 0 spiro atoms. The molecule has 1 atom stereocenters. The van der Waals surface area contributed by atoms with Crippen LogP contribution in [0.5, 0.6) is 5.75 Å². The maximum atomic E-state index is 13.4. The van der Waals surface area contributed by atoms with Crippen molar-refractivity contribution in [3.05, 3.63) is 130 Å². The van der Waals surface area contributed by atoms with Crippen molar-refractivity contribution in [3.63, 3.8) is 0 Å². The molecule has 0 radical (unpaired) electrons. The quantitative estimate of drug-likeness (QED) is 0.0819. The molecule has 4 rings (SSSR count). The highest BCUT2D eigenvalue weighted by Crippen LogP contribution is 2.27. The molecule has 0 bridgehead atoms. The van der Waals surface area contributed by atoms with E-state index in [1.54, 1.807) is 99.0 Å². The highest BCUT2D eigenvalue weighted by Gasteiger charge is 2.19. The van der Waals surface area contributed by atoms with E-state index in [0.29, 0.717) is 27.6 Å². The Kier molecular flexibility index (Phi) is 10.3. The van der Waals surface area contributed by atoms with Crippen molar-refractivity contribution >= 4 is 52.6 Å². The van der Waals surface area contributed by atoms with Gasteiger partial charge >= 0.3 is 0 Å². The Bertz CT molecular complexity index is 1660. The number of benzene rings is 4. The lowest BCUT2D eigenvalue weighted by Gasteiger charge is -2.14. The maximum Gasteiger partial charge on any atom is 0.276 e. The number of carbonyl (C=O) groups is 3. The normalized spacial score (nSPS) is 11.6. The summed E-state index contributed by atoms with van der Waals surface area (Å²) in [6, 6.07) is 28.1. The lowest BCUT2D eigenvalue weighted by atomic mass is 10.1. The molecule has 11 heteroatoms. The van der Waals surface area contributed by atoms with Crippen molar-refractivity contribution < 1.29 is 24.0 Å². The molecule has 3 amide bonds. The van der Waals surface area contributed by atoms with Gasteiger partial charge in [-0.3, -0.25) is 24.5 Å². The largest absolute Gasteiger partial charge is 0.497 e. The first kappa shape index (κ1) is 30.5. The first-order valence-corrected chi connectivity index (χ1v) is 14.0. The number of nitrogens with zero attached hydrogens (tertiary/aromatic N) is 1. The van der Waals surface area contributed by atoms with Crippen molar-refractivity contribution in [2.24, 2.45) is 0 Å². The molecule has 1 unspecified atom stereocenters. The Labute approximate surface area is 252 Å². The zero-order valence-electron chi connectivity index (χ0n) is 23.3. The third kappa shape index (κ3) is 8.54. The van der Waals surface area contributed by atoms with Crippen molar-refractivity contribution in [1.29, 1.82) is 0 Å². The van der Waals surface area contributed by atoms with E-state index in [2.05, 4.69) is 16.0 Å². The number of hydrogen-bond donors (Lipinski definition) is 3. The van der Waals surface area contributed by atoms with Gasteiger partial charge in [-0.05, 0) is 73.7 Å². The van der Waals surface area contributed by atoms with Gasteiger partial charge in [-0.2, -0.15) is 0 Å². The molecule has 0 saturated heterocycles. The van der Waals surface area contributed by atoms with Gasteiger partial charge in [-0.25, -0.2) is 0 Å². The first-order valence-electron chi connectivity index (χ1n) is 13.1. The number of anilines is 2. The average Bonchev–Trinajstić information content (AvgIpc) is 3.01. The van der Waals surface area contributed by atoms with Crippen LogP contribution in [0.4, 0.5) is 17.1 Å². The van der Waals surface area contributed by atoms with Crippen molar-refractivity contribution in [2.75, 3.05) is 17.7 Å². The van der Waals surface area contributed by atoms with E-state index < -0.39 is 22.0 Å². The number of hydrogen-bond acceptors (Lipinski definition) is 7. The minimum Gasteiger partial charge on any atom is -0.497 e. The average molecular weight is 597 g/mol. The van der Waals surface area contributed by atoms with E-state index >= 15 is 0 Å². The Morgan fingerprint density at radius 3 is 2.26 bits per heavy atom. The van der Waals surface area contributed by atoms with Gasteiger partial charge in [0.1, 0.15) is 11.4 Å². The third-order valence-corrected chi connectivity index (χ3v) is 7.19. The number of rotatable bonds is 11. The highest BCUT2D eigenvalue weighted by atomic mass is 32.2. The molecule has 3 N–H and O–H groups in total. The van der Waals surface area contributed by atoms with Gasteiger partial charge in [0.05, 0.1) is 22.8 Å². The molecule has 0 saturated carbocycles. The molecule has 0 aliphatic heterocycles. The third-order valence-electron chi connectivity index (χ3n) is 6.09. The van der Waals surface area contributed by atoms with Crippen LogP contribution >= 0.6 is 11.8 Å². The monoisotopic (exact) mass is 596 g/mol. The summed E-state index contributed by atoms with van der Waals surface area (Å²) >= 11 is 1.30. The zero-order valence-corrected chi connectivity index (χ0v) is 24.1. The van der Waals surface area contributed by atoms with E-state index in [4.69, 9.17) is 4.74 Å². The van der Waals surface area contributed by atoms with Gasteiger partial charge < -0.3 is 20.7 Å². The summed E-state index contributed by atoms with van der Waals surface area (Å²) in [6.07, 6.45) is 1.26. The van der Waals surface area contributed by atoms with Crippen LogP contribution < -0.4 is 20.7 Å². The lowest BCUT2D eigenvalue weighted by Crippen LogP contribution is -2.30. The first-order chi connectivity index (χ1) is 20.7. The number of ether oxygens (including phenoxy) is 1. The summed E-state index contributed by atoms with van der Waals surface area (Å²) in [5.74, 6) is -0.765. The fraction of sp³-hybridized carbons (Fsp3) is 0.0938. The summed E-state index contributed by atoms with van der Waals surface area (Å²) in [7, 11) is 1.57. The van der Waals surface area contributed by atoms with Crippen LogP contribution in [0.25, 0.3) is 6.08 Å². The summed E-state index contributed by atoms with van der Waals surface area (Å²) in [4.78, 5) is 50.8. The molecule has 0 aliphatic rings. The molecule has 4 aromatic carbocycles. The summed E-state index contributed by atoms with van der Waals surface area (Å²) in [5.41, 5.74) is 1.08. The molecule has 0 heterocycles. The molecule has 10 nitrogen and oxygen atoms in total. The van der Waals surface area contributed by atoms with Gasteiger partial charge in [0.25, 0.3) is 17.5 Å². The van der Waals surface area contributed by atoms with Gasteiger partial charge in [0.2, 0.25) is 5.91 Å². The Balaban J connectivity index is 1.51. The Hall–Kier alpha value is -5.42. The predicted molar refractivity (Wildman–Crippen MR) is 167 cm³/mol. The predicted octanol–water partition coefficient (Wildman–Crippen LogP) is 6.13. The Morgan fingerprint density at radius 2 is 1.56 bits per heavy atom. The van der Waals surface area contributed by atoms with Crippen molar-refractivity contribution in [2.45, 2.75) is 17.1 Å². The fourth-order valence-electron chi connectivity index (χ4n) is 3.90. The molecule has 0 fully saturated rings. The topological polar surface area (TPSA) is 140 Å². The van der Waals surface area contributed by atoms with Crippen LogP contribution in [0.3, 0.4) is 0 Å². The number of nitro groups is 1. The minimum atomic E-state index is -0.685. The number of thioether (sulfide) groups is 1. The second-order valence-electron chi connectivity index (χ2n) is 9.15. The van der Waals surface area contributed by atoms with Crippen molar-refractivity contribution in [1.82, 2.24) is 5.32 Å². The smallest absolute Gasteiger partial charge is 0.276 e. The van der Waals surface area contributed by atoms with Crippen LogP contribution in [-0.2, 0) is 9.59 Å². The summed E-state index contributed by atoms with van der Waals surface area (Å²) in [5, 5.41) is 19.3. The number of para-hydroxylation sites is 1. The van der Waals surface area contributed by atoms with Gasteiger partial charge in [-0.1, -0.05) is 36.4 Å². The molecule has 218 valence electrons. The Morgan fingerprint density at radius 1 is 0.860 bits per heavy atom. The number of nitro benzene ring substituents is 1. The van der Waals surface area contributed by atoms with E-state index in [-0.39, 0.29) is 22.9 Å². The van der Waals surface area contributed by atoms with Crippen LogP contribution in [-0.4, -0.2) is 35.0 Å². The fourth-order valence-corrected chi connectivity index (χ4v) is 4.82. The minimum absolute atomic E-state index is 0.145. The lowest BCUT2D eigenvalue weighted by molar-refractivity contribution is -0.385. The van der Waals surface area contributed by atoms with E-state index in [1.807, 2.05) is 0 Å². The second-order valence-corrected chi connectivity index (χ2v) is 10.6. The number of amides is 3. The second kappa shape index (κ2) is 14.5. The molecule has 43 heavy (non-hydrogen) atoms. The van der Waals surface area contributed by atoms with E-state index in [0.717, 1.165) is 0 Å². The van der Waals surface area contributed by atoms with E-state index in [1.165, 1.54) is 36.0 Å². The van der Waals surface area contributed by atoms with Crippen LogP contribution in [0.15, 0.2) is 114 Å². The van der Waals surface area contributed by atoms with Crippen LogP contribution in [0.2, 0.25) is 0 Å². The molecule has 0 aromatic heterocycles. The van der Waals surface area contributed by atoms with E-state index in [9.17, 15) is 24.5 Å². The summed E-state index contributed by atoms with van der Waals surface area (Å²) in [6.45, 7) is 1.77. The van der Waals surface area contributed by atoms with Gasteiger partial charge in [0.15, 0.2) is 0 Å². The number of nitrogens with one attached hydrogen (secondary N) is 3. The zero-order chi connectivity index (χ0) is 30.8. The molecular formula is C32H28N4O6S. The highest BCUT2D eigenvalue weighted by molar-refractivity contribution is 8.00. The van der Waals surface area contributed by atoms with Gasteiger partial charge in [-0.15, -0.1) is 11.8 Å². The molecular weight excluding hydrogens is 568 g/mol. The summed E-state index contributed by atoms with van der Waals surface area (Å²) < 4.78 is 5.14. The molecule has 4 aromatic rings. The maximum absolute atomic E-state index is 13.4. The van der Waals surface area contributed by atoms with Gasteiger partial charge in [0, 0.05) is 27.9 Å². The molecule has 0 aliphatic carbocycles.